The highest BCUT2D eigenvalue weighted by molar-refractivity contribution is 7.98. The summed E-state index contributed by atoms with van der Waals surface area (Å²) in [6.45, 7) is 1.46. The second-order valence-electron chi connectivity index (χ2n) is 5.21. The minimum absolute atomic E-state index is 0.0976. The van der Waals surface area contributed by atoms with E-state index in [0.717, 1.165) is 25.0 Å². The Morgan fingerprint density at radius 1 is 1.52 bits per heavy atom. The van der Waals surface area contributed by atoms with E-state index in [2.05, 4.69) is 25.5 Å². The van der Waals surface area contributed by atoms with Gasteiger partial charge in [-0.15, -0.1) is 16.4 Å². The number of fused-ring (bicyclic) bond motifs is 1. The zero-order valence-electron chi connectivity index (χ0n) is 12.1. The standard InChI is InChI=1S/C13H14N6O2S2/c20-12-11-9(3-5-22-11)14-10(15-12)7-23-13-16-17-18-19(13)6-8-2-1-4-21-8/h3,5,8H,1-2,4,6-7H2,(H,14,15,20)/t8-/m1/s1. The summed E-state index contributed by atoms with van der Waals surface area (Å²) in [5.74, 6) is 1.13. The number of aromatic nitrogens is 6. The second-order valence-corrected chi connectivity index (χ2v) is 7.07. The van der Waals surface area contributed by atoms with Crippen LogP contribution in [0.1, 0.15) is 18.7 Å². The molecule has 1 aliphatic heterocycles. The average molecular weight is 350 g/mol. The number of nitrogens with one attached hydrogen (secondary N) is 1. The quantitative estimate of drug-likeness (QED) is 0.695. The molecule has 0 spiro atoms. The van der Waals surface area contributed by atoms with Crippen LogP contribution in [0.2, 0.25) is 0 Å². The molecule has 1 atom stereocenters. The molecule has 4 heterocycles. The van der Waals surface area contributed by atoms with Crippen molar-refractivity contribution >= 4 is 33.3 Å². The summed E-state index contributed by atoms with van der Waals surface area (Å²) in [5.41, 5.74) is 0.632. The molecule has 0 saturated carbocycles. The lowest BCUT2D eigenvalue weighted by molar-refractivity contribution is 0.0912. The number of thiophene rings is 1. The third-order valence-electron chi connectivity index (χ3n) is 3.60. The highest BCUT2D eigenvalue weighted by atomic mass is 32.2. The maximum atomic E-state index is 12.0. The van der Waals surface area contributed by atoms with Crippen LogP contribution in [0.3, 0.4) is 0 Å². The minimum Gasteiger partial charge on any atom is -0.376 e. The van der Waals surface area contributed by atoms with Gasteiger partial charge in [0.1, 0.15) is 10.5 Å². The Morgan fingerprint density at radius 3 is 3.35 bits per heavy atom. The second kappa shape index (κ2) is 6.38. The maximum absolute atomic E-state index is 12.0. The Balaban J connectivity index is 1.47. The first-order valence-corrected chi connectivity index (χ1v) is 9.13. The van der Waals surface area contributed by atoms with Crippen LogP contribution in [0.15, 0.2) is 21.4 Å². The zero-order chi connectivity index (χ0) is 15.6. The molecule has 3 aromatic rings. The molecule has 0 radical (unpaired) electrons. The van der Waals surface area contributed by atoms with E-state index in [4.69, 9.17) is 4.74 Å². The molecule has 0 unspecified atom stereocenters. The third kappa shape index (κ3) is 3.14. The van der Waals surface area contributed by atoms with Crippen LogP contribution in [0.4, 0.5) is 0 Å². The van der Waals surface area contributed by atoms with Crippen LogP contribution in [0, 0.1) is 0 Å². The smallest absolute Gasteiger partial charge is 0.268 e. The summed E-state index contributed by atoms with van der Waals surface area (Å²) in [4.78, 5) is 19.2. The molecule has 4 rings (SSSR count). The van der Waals surface area contributed by atoms with Crippen molar-refractivity contribution in [3.8, 4) is 0 Å². The van der Waals surface area contributed by atoms with Gasteiger partial charge in [0.05, 0.1) is 23.9 Å². The summed E-state index contributed by atoms with van der Waals surface area (Å²) in [5, 5.41) is 14.4. The van der Waals surface area contributed by atoms with Crippen molar-refractivity contribution < 1.29 is 4.74 Å². The highest BCUT2D eigenvalue weighted by Gasteiger charge is 2.19. The molecule has 1 aliphatic rings. The molecular formula is C13H14N6O2S2. The van der Waals surface area contributed by atoms with Gasteiger partial charge < -0.3 is 9.72 Å². The molecule has 1 saturated heterocycles. The number of ether oxygens (including phenoxy) is 1. The predicted molar refractivity (Wildman–Crippen MR) is 86.6 cm³/mol. The molecule has 10 heteroatoms. The summed E-state index contributed by atoms with van der Waals surface area (Å²) in [7, 11) is 0. The van der Waals surface area contributed by atoms with Crippen molar-refractivity contribution in [1.29, 1.82) is 0 Å². The Bertz CT molecular complexity index is 867. The number of rotatable bonds is 5. The number of tetrazole rings is 1. The molecule has 3 aromatic heterocycles. The average Bonchev–Trinajstić information content (AvgIpc) is 3.27. The zero-order valence-corrected chi connectivity index (χ0v) is 13.8. The first-order valence-electron chi connectivity index (χ1n) is 7.26. The topological polar surface area (TPSA) is 98.6 Å². The van der Waals surface area contributed by atoms with E-state index >= 15 is 0 Å². The Labute approximate surface area is 139 Å². The van der Waals surface area contributed by atoms with E-state index in [1.165, 1.54) is 23.1 Å². The lowest BCUT2D eigenvalue weighted by atomic mass is 10.2. The van der Waals surface area contributed by atoms with Gasteiger partial charge in [-0.25, -0.2) is 9.67 Å². The van der Waals surface area contributed by atoms with Crippen molar-refractivity contribution in [2.75, 3.05) is 6.61 Å². The fraction of sp³-hybridized carbons (Fsp3) is 0.462. The Kier molecular flexibility index (Phi) is 4.10. The molecule has 1 N–H and O–H groups in total. The number of thioether (sulfide) groups is 1. The normalized spacial score (nSPS) is 18.0. The number of hydrogen-bond acceptors (Lipinski definition) is 8. The van der Waals surface area contributed by atoms with Gasteiger partial charge in [-0.3, -0.25) is 4.79 Å². The van der Waals surface area contributed by atoms with E-state index in [9.17, 15) is 4.79 Å². The summed E-state index contributed by atoms with van der Waals surface area (Å²) in [6.07, 6.45) is 2.30. The van der Waals surface area contributed by atoms with Crippen molar-refractivity contribution in [3.63, 3.8) is 0 Å². The van der Waals surface area contributed by atoms with E-state index < -0.39 is 0 Å². The fourth-order valence-electron chi connectivity index (χ4n) is 2.52. The van der Waals surface area contributed by atoms with Crippen LogP contribution in [0.25, 0.3) is 10.2 Å². The van der Waals surface area contributed by atoms with Crippen LogP contribution in [-0.4, -0.2) is 42.9 Å². The van der Waals surface area contributed by atoms with Crippen molar-refractivity contribution in [3.05, 3.63) is 27.6 Å². The van der Waals surface area contributed by atoms with E-state index in [0.29, 0.717) is 28.0 Å². The number of nitrogens with zero attached hydrogens (tertiary/aromatic N) is 5. The van der Waals surface area contributed by atoms with Gasteiger partial charge in [0.2, 0.25) is 5.16 Å². The minimum atomic E-state index is -0.0976. The van der Waals surface area contributed by atoms with Crippen LogP contribution in [0.5, 0.6) is 0 Å². The van der Waals surface area contributed by atoms with Crippen molar-refractivity contribution in [1.82, 2.24) is 30.2 Å². The molecule has 0 amide bonds. The van der Waals surface area contributed by atoms with Crippen molar-refractivity contribution in [2.24, 2.45) is 0 Å². The van der Waals surface area contributed by atoms with E-state index in [1.807, 2.05) is 11.4 Å². The van der Waals surface area contributed by atoms with Gasteiger partial charge in [0, 0.05) is 6.61 Å². The van der Waals surface area contributed by atoms with Gasteiger partial charge in [0.25, 0.3) is 5.56 Å². The molecule has 0 aliphatic carbocycles. The molecular weight excluding hydrogens is 336 g/mol. The van der Waals surface area contributed by atoms with Crippen molar-refractivity contribution in [2.45, 2.75) is 36.4 Å². The van der Waals surface area contributed by atoms with Crippen LogP contribution < -0.4 is 5.56 Å². The van der Waals surface area contributed by atoms with Gasteiger partial charge >= 0.3 is 0 Å². The molecule has 0 aromatic carbocycles. The SMILES string of the molecule is O=c1[nH]c(CSc2nnnn2C[C@H]2CCCO2)nc2ccsc12. The monoisotopic (exact) mass is 350 g/mol. The summed E-state index contributed by atoms with van der Waals surface area (Å²) in [6, 6.07) is 1.85. The van der Waals surface area contributed by atoms with Gasteiger partial charge in [-0.05, 0) is 34.7 Å². The van der Waals surface area contributed by atoms with Crippen LogP contribution >= 0.6 is 23.1 Å². The third-order valence-corrected chi connectivity index (χ3v) is 5.47. The maximum Gasteiger partial charge on any atom is 0.268 e. The highest BCUT2D eigenvalue weighted by Crippen LogP contribution is 2.21. The fourth-order valence-corrected chi connectivity index (χ4v) is 4.00. The largest absolute Gasteiger partial charge is 0.376 e. The lowest BCUT2D eigenvalue weighted by Crippen LogP contribution is -2.17. The predicted octanol–water partition coefficient (Wildman–Crippen LogP) is 1.44. The Hall–Kier alpha value is -1.78. The molecule has 8 nitrogen and oxygen atoms in total. The molecule has 23 heavy (non-hydrogen) atoms. The van der Waals surface area contributed by atoms with Gasteiger partial charge in [-0.1, -0.05) is 11.8 Å². The number of H-pyrrole nitrogens is 1. The lowest BCUT2D eigenvalue weighted by Gasteiger charge is -2.09. The van der Waals surface area contributed by atoms with Gasteiger partial charge in [-0.2, -0.15) is 0 Å². The number of aromatic amines is 1. The summed E-state index contributed by atoms with van der Waals surface area (Å²) >= 11 is 2.85. The van der Waals surface area contributed by atoms with E-state index in [1.54, 1.807) is 4.68 Å². The molecule has 120 valence electrons. The molecule has 1 fully saturated rings. The Morgan fingerprint density at radius 2 is 2.48 bits per heavy atom. The summed E-state index contributed by atoms with van der Waals surface area (Å²) < 4.78 is 8.02. The van der Waals surface area contributed by atoms with Gasteiger partial charge in [0.15, 0.2) is 0 Å². The first-order chi connectivity index (χ1) is 11.3. The van der Waals surface area contributed by atoms with Crippen LogP contribution in [-0.2, 0) is 17.0 Å². The van der Waals surface area contributed by atoms with E-state index in [-0.39, 0.29) is 11.7 Å². The first kappa shape index (κ1) is 14.8. The molecule has 0 bridgehead atoms. The number of hydrogen-bond donors (Lipinski definition) is 1.